The summed E-state index contributed by atoms with van der Waals surface area (Å²) in [5, 5.41) is 13.6. The largest absolute Gasteiger partial charge is 0.489 e. The Morgan fingerprint density at radius 1 is 1.03 bits per heavy atom. The van der Waals surface area contributed by atoms with Crippen molar-refractivity contribution in [3.05, 3.63) is 88.1 Å². The van der Waals surface area contributed by atoms with Gasteiger partial charge in [0.1, 0.15) is 12.4 Å². The van der Waals surface area contributed by atoms with E-state index < -0.39 is 5.97 Å². The zero-order valence-electron chi connectivity index (χ0n) is 16.2. The van der Waals surface area contributed by atoms with Crippen LogP contribution >= 0.6 is 11.3 Å². The molecule has 2 heterocycles. The first-order chi connectivity index (χ1) is 14.2. The number of piperidine rings is 1. The van der Waals surface area contributed by atoms with E-state index in [0.29, 0.717) is 19.4 Å². The number of likely N-dealkylation sites (tertiary alicyclic amines) is 1. The summed E-state index contributed by atoms with van der Waals surface area (Å²) in [6, 6.07) is 20.8. The number of carboxylic acids is 1. The van der Waals surface area contributed by atoms with Crippen molar-refractivity contribution < 1.29 is 14.6 Å². The average Bonchev–Trinajstić information content (AvgIpc) is 3.29. The molecule has 150 valence electrons. The lowest BCUT2D eigenvalue weighted by atomic mass is 9.92. The Labute approximate surface area is 175 Å². The number of aliphatic carboxylic acids is 1. The first kappa shape index (κ1) is 19.7. The summed E-state index contributed by atoms with van der Waals surface area (Å²) in [4.78, 5) is 13.7. The van der Waals surface area contributed by atoms with E-state index >= 15 is 0 Å². The lowest BCUT2D eigenvalue weighted by Crippen LogP contribution is -2.39. The van der Waals surface area contributed by atoms with E-state index in [1.54, 1.807) is 11.3 Å². The Morgan fingerprint density at radius 2 is 1.76 bits per heavy atom. The molecule has 4 rings (SSSR count). The summed E-state index contributed by atoms with van der Waals surface area (Å²) in [5.74, 6) is -0.0361. The summed E-state index contributed by atoms with van der Waals surface area (Å²) in [6.45, 7) is 2.14. The van der Waals surface area contributed by atoms with Gasteiger partial charge in [-0.1, -0.05) is 42.5 Å². The molecule has 1 unspecified atom stereocenters. The number of hydrogen-bond donors (Lipinski definition) is 1. The van der Waals surface area contributed by atoms with E-state index in [4.69, 9.17) is 4.74 Å². The summed E-state index contributed by atoms with van der Waals surface area (Å²) in [6.07, 6.45) is 1.41. The van der Waals surface area contributed by atoms with Crippen LogP contribution in [-0.2, 0) is 11.4 Å². The fraction of sp³-hybridized carbons (Fsp3) is 0.292. The quantitative estimate of drug-likeness (QED) is 0.584. The molecule has 0 aliphatic carbocycles. The Bertz CT molecular complexity index is 901. The van der Waals surface area contributed by atoms with Crippen molar-refractivity contribution in [2.75, 3.05) is 13.1 Å². The molecule has 1 saturated heterocycles. The van der Waals surface area contributed by atoms with Crippen LogP contribution in [0.2, 0.25) is 0 Å². The minimum Gasteiger partial charge on any atom is -0.489 e. The fourth-order valence-corrected chi connectivity index (χ4v) is 4.62. The zero-order chi connectivity index (χ0) is 20.1. The first-order valence-electron chi connectivity index (χ1n) is 9.96. The molecular formula is C24H25NO3S. The molecule has 0 amide bonds. The van der Waals surface area contributed by atoms with E-state index in [0.717, 1.165) is 24.4 Å². The van der Waals surface area contributed by atoms with Crippen LogP contribution in [0.5, 0.6) is 5.75 Å². The van der Waals surface area contributed by atoms with Crippen molar-refractivity contribution in [1.29, 1.82) is 0 Å². The number of hydrogen-bond acceptors (Lipinski definition) is 4. The van der Waals surface area contributed by atoms with Gasteiger partial charge in [0.2, 0.25) is 0 Å². The third-order valence-electron chi connectivity index (χ3n) is 5.55. The molecule has 0 spiro atoms. The molecule has 29 heavy (non-hydrogen) atoms. The minimum atomic E-state index is -0.670. The zero-order valence-corrected chi connectivity index (χ0v) is 17.1. The van der Waals surface area contributed by atoms with Gasteiger partial charge < -0.3 is 9.84 Å². The molecule has 3 aromatic rings. The van der Waals surface area contributed by atoms with E-state index in [1.807, 2.05) is 30.3 Å². The highest BCUT2D eigenvalue weighted by Gasteiger charge is 2.30. The minimum absolute atomic E-state index is 0.152. The molecule has 5 heteroatoms. The third-order valence-corrected chi connectivity index (χ3v) is 6.25. The molecule has 1 aliphatic rings. The maximum Gasteiger partial charge on any atom is 0.306 e. The Morgan fingerprint density at radius 3 is 2.38 bits per heavy atom. The van der Waals surface area contributed by atoms with Crippen molar-refractivity contribution >= 4 is 17.3 Å². The van der Waals surface area contributed by atoms with Crippen LogP contribution in [0, 0.1) is 5.92 Å². The van der Waals surface area contributed by atoms with E-state index in [9.17, 15) is 9.90 Å². The molecule has 4 nitrogen and oxygen atoms in total. The lowest BCUT2D eigenvalue weighted by Gasteiger charge is -2.36. The molecule has 0 bridgehead atoms. The van der Waals surface area contributed by atoms with Gasteiger partial charge in [-0.15, -0.1) is 0 Å². The van der Waals surface area contributed by atoms with Gasteiger partial charge in [-0.3, -0.25) is 9.69 Å². The van der Waals surface area contributed by atoms with Crippen LogP contribution in [0.15, 0.2) is 71.4 Å². The van der Waals surface area contributed by atoms with Crippen LogP contribution in [-0.4, -0.2) is 29.1 Å². The molecule has 2 aromatic carbocycles. The van der Waals surface area contributed by atoms with Crippen molar-refractivity contribution in [2.45, 2.75) is 25.5 Å². The van der Waals surface area contributed by atoms with Gasteiger partial charge in [0.15, 0.2) is 0 Å². The molecule has 1 aliphatic heterocycles. The normalized spacial score (nSPS) is 16.4. The van der Waals surface area contributed by atoms with Crippen LogP contribution in [0.1, 0.15) is 35.6 Å². The van der Waals surface area contributed by atoms with Crippen LogP contribution in [0.25, 0.3) is 0 Å². The first-order valence-corrected chi connectivity index (χ1v) is 10.9. The Hall–Kier alpha value is -2.63. The van der Waals surface area contributed by atoms with Crippen molar-refractivity contribution in [3.63, 3.8) is 0 Å². The highest BCUT2D eigenvalue weighted by Crippen LogP contribution is 2.34. The summed E-state index contributed by atoms with van der Waals surface area (Å²) < 4.78 is 5.93. The van der Waals surface area contributed by atoms with Gasteiger partial charge in [-0.2, -0.15) is 11.3 Å². The van der Waals surface area contributed by atoms with Crippen molar-refractivity contribution in [1.82, 2.24) is 4.90 Å². The molecule has 1 N–H and O–H groups in total. The number of rotatable bonds is 7. The second-order valence-electron chi connectivity index (χ2n) is 7.45. The SMILES string of the molecule is O=C(O)C1CCN(C(c2ccc(OCc3ccccc3)cc2)c2ccsc2)CC1. The summed E-state index contributed by atoms with van der Waals surface area (Å²) in [5.41, 5.74) is 3.62. The maximum absolute atomic E-state index is 11.3. The molecular weight excluding hydrogens is 382 g/mol. The topological polar surface area (TPSA) is 49.8 Å². The number of nitrogens with zero attached hydrogens (tertiary/aromatic N) is 1. The fourth-order valence-electron chi connectivity index (χ4n) is 3.94. The number of carboxylic acid groups (broad SMARTS) is 1. The number of thiophene rings is 1. The predicted octanol–water partition coefficient (Wildman–Crippen LogP) is 5.21. The monoisotopic (exact) mass is 407 g/mol. The molecule has 1 aromatic heterocycles. The highest BCUT2D eigenvalue weighted by molar-refractivity contribution is 7.08. The average molecular weight is 408 g/mol. The standard InChI is InChI=1S/C24H25NO3S/c26-24(27)20-10-13-25(14-11-20)23(21-12-15-29-17-21)19-6-8-22(9-7-19)28-16-18-4-2-1-3-5-18/h1-9,12,15,17,20,23H,10-11,13-14,16H2,(H,26,27). The third kappa shape index (κ3) is 4.86. The van der Waals surface area contributed by atoms with Crippen molar-refractivity contribution in [3.8, 4) is 5.75 Å². The van der Waals surface area contributed by atoms with Crippen LogP contribution < -0.4 is 4.74 Å². The van der Waals surface area contributed by atoms with Gasteiger partial charge in [0, 0.05) is 0 Å². The Kier molecular flexibility index (Phi) is 6.27. The number of carbonyl (C=O) groups is 1. The van der Waals surface area contributed by atoms with Gasteiger partial charge in [-0.05, 0) is 71.6 Å². The second kappa shape index (κ2) is 9.25. The molecule has 0 radical (unpaired) electrons. The molecule has 1 atom stereocenters. The second-order valence-corrected chi connectivity index (χ2v) is 8.23. The van der Waals surface area contributed by atoms with Crippen LogP contribution in [0.4, 0.5) is 0 Å². The van der Waals surface area contributed by atoms with E-state index in [2.05, 4.69) is 46.0 Å². The van der Waals surface area contributed by atoms with Crippen LogP contribution in [0.3, 0.4) is 0 Å². The van der Waals surface area contributed by atoms with Gasteiger partial charge in [-0.25, -0.2) is 0 Å². The van der Waals surface area contributed by atoms with Crippen molar-refractivity contribution in [2.24, 2.45) is 5.92 Å². The summed E-state index contributed by atoms with van der Waals surface area (Å²) in [7, 11) is 0. The smallest absolute Gasteiger partial charge is 0.306 e. The van der Waals surface area contributed by atoms with Gasteiger partial charge in [0.05, 0.1) is 12.0 Å². The number of ether oxygens (including phenoxy) is 1. The molecule has 0 saturated carbocycles. The van der Waals surface area contributed by atoms with Gasteiger partial charge in [0.25, 0.3) is 0 Å². The number of benzene rings is 2. The van der Waals surface area contributed by atoms with E-state index in [-0.39, 0.29) is 12.0 Å². The summed E-state index contributed by atoms with van der Waals surface area (Å²) >= 11 is 1.70. The lowest BCUT2D eigenvalue weighted by molar-refractivity contribution is -0.143. The predicted molar refractivity (Wildman–Crippen MR) is 115 cm³/mol. The molecule has 1 fully saturated rings. The Balaban J connectivity index is 1.47. The van der Waals surface area contributed by atoms with E-state index in [1.165, 1.54) is 11.1 Å². The highest BCUT2D eigenvalue weighted by atomic mass is 32.1. The van der Waals surface area contributed by atoms with Gasteiger partial charge >= 0.3 is 5.97 Å². The maximum atomic E-state index is 11.3.